The fraction of sp³-hybridized carbons (Fsp3) is 0.400. The molecule has 0 heterocycles. The van der Waals surface area contributed by atoms with Crippen molar-refractivity contribution in [2.75, 3.05) is 13.2 Å². The second-order valence-corrected chi connectivity index (χ2v) is 8.96. The number of nitrogens with one attached hydrogen (secondary N) is 2. The molecule has 2 amide bonds. The number of alkyl carbamates (subject to hydrolysis) is 1. The van der Waals surface area contributed by atoms with Gasteiger partial charge in [-0.2, -0.15) is 0 Å². The van der Waals surface area contributed by atoms with Crippen molar-refractivity contribution in [1.82, 2.24) is 10.6 Å². The van der Waals surface area contributed by atoms with Crippen LogP contribution in [-0.2, 0) is 14.3 Å². The van der Waals surface area contributed by atoms with Crippen LogP contribution in [-0.4, -0.2) is 53.0 Å². The minimum atomic E-state index is -1.38. The summed E-state index contributed by atoms with van der Waals surface area (Å²) in [5.74, 6) is -1.84. The highest BCUT2D eigenvalue weighted by Crippen LogP contribution is 2.45. The normalized spacial score (nSPS) is 17.3. The van der Waals surface area contributed by atoms with Crippen molar-refractivity contribution in [1.29, 1.82) is 0 Å². The minimum Gasteiger partial charge on any atom is -0.480 e. The highest BCUT2D eigenvalue weighted by molar-refractivity contribution is 5.85. The number of aliphatic hydroxyl groups is 1. The summed E-state index contributed by atoms with van der Waals surface area (Å²) in [5, 5.41) is 23.3. The van der Waals surface area contributed by atoms with E-state index in [4.69, 9.17) is 14.9 Å². The molecule has 0 bridgehead atoms. The van der Waals surface area contributed by atoms with Gasteiger partial charge < -0.3 is 25.6 Å². The number of hydrogen-bond acceptors (Lipinski definition) is 5. The molecule has 2 aromatic carbocycles. The maximum atomic E-state index is 12.7. The Morgan fingerprint density at radius 3 is 2.15 bits per heavy atom. The molecule has 0 aromatic heterocycles. The molecule has 4 N–H and O–H groups in total. The van der Waals surface area contributed by atoms with Crippen molar-refractivity contribution in [3.63, 3.8) is 0 Å². The number of rotatable bonds is 9. The van der Waals surface area contributed by atoms with Crippen molar-refractivity contribution < 1.29 is 29.3 Å². The van der Waals surface area contributed by atoms with Gasteiger partial charge in [0.2, 0.25) is 5.91 Å². The highest BCUT2D eigenvalue weighted by Gasteiger charge is 2.45. The Kier molecular flexibility index (Phi) is 6.37. The van der Waals surface area contributed by atoms with Crippen LogP contribution in [0.4, 0.5) is 4.79 Å². The van der Waals surface area contributed by atoms with Crippen LogP contribution in [0.2, 0.25) is 0 Å². The molecule has 2 atom stereocenters. The second kappa shape index (κ2) is 9.23. The van der Waals surface area contributed by atoms with Crippen molar-refractivity contribution >= 4 is 18.0 Å². The van der Waals surface area contributed by atoms with Crippen LogP contribution in [0.1, 0.15) is 43.2 Å². The topological polar surface area (TPSA) is 125 Å². The Morgan fingerprint density at radius 2 is 1.64 bits per heavy atom. The molecule has 0 aliphatic heterocycles. The number of carboxylic acid groups (broad SMARTS) is 1. The van der Waals surface area contributed by atoms with E-state index in [-0.39, 0.29) is 24.9 Å². The standard InChI is InChI=1S/C25H28N2O6/c1-25(15-10-11-15,12-22(29)26-21(13-28)23(30)31)27-24(32)33-14-20-18-8-4-2-6-16(18)17-7-3-5-9-19(17)20/h2-9,15,20-21,28H,10-14H2,1H3,(H,26,29)(H,27,32)(H,30,31)/t21-,25?/m0/s1. The third-order valence-electron chi connectivity index (χ3n) is 6.55. The van der Waals surface area contributed by atoms with Crippen molar-refractivity contribution in [2.24, 2.45) is 5.92 Å². The predicted octanol–water partition coefficient (Wildman–Crippen LogP) is 2.65. The summed E-state index contributed by atoms with van der Waals surface area (Å²) in [6.07, 6.45) is 0.994. The Labute approximate surface area is 192 Å². The van der Waals surface area contributed by atoms with Gasteiger partial charge in [-0.25, -0.2) is 9.59 Å². The molecule has 2 aliphatic rings. The maximum absolute atomic E-state index is 12.7. The van der Waals surface area contributed by atoms with Gasteiger partial charge in [-0.05, 0) is 47.9 Å². The third-order valence-corrected chi connectivity index (χ3v) is 6.55. The van der Waals surface area contributed by atoms with Crippen molar-refractivity contribution in [2.45, 2.75) is 43.7 Å². The number of aliphatic carboxylic acids is 1. The summed E-state index contributed by atoms with van der Waals surface area (Å²) in [7, 11) is 0. The lowest BCUT2D eigenvalue weighted by molar-refractivity contribution is -0.143. The Morgan fingerprint density at radius 1 is 1.06 bits per heavy atom. The molecule has 4 rings (SSSR count). The molecular weight excluding hydrogens is 424 g/mol. The van der Waals surface area contributed by atoms with E-state index in [9.17, 15) is 14.4 Å². The summed E-state index contributed by atoms with van der Waals surface area (Å²) in [6.45, 7) is 1.22. The molecular formula is C25H28N2O6. The van der Waals surface area contributed by atoms with Crippen LogP contribution in [0.5, 0.6) is 0 Å². The van der Waals surface area contributed by atoms with Crippen LogP contribution in [0.3, 0.4) is 0 Å². The number of fused-ring (bicyclic) bond motifs is 3. The van der Waals surface area contributed by atoms with E-state index in [0.29, 0.717) is 0 Å². The van der Waals surface area contributed by atoms with Gasteiger partial charge >= 0.3 is 12.1 Å². The first-order valence-electron chi connectivity index (χ1n) is 11.1. The molecule has 8 heteroatoms. The van der Waals surface area contributed by atoms with Gasteiger partial charge in [0.25, 0.3) is 0 Å². The number of carbonyl (C=O) groups is 3. The van der Waals surface area contributed by atoms with Crippen molar-refractivity contribution in [3.05, 3.63) is 59.7 Å². The number of hydrogen-bond donors (Lipinski definition) is 4. The van der Waals surface area contributed by atoms with E-state index in [2.05, 4.69) is 22.8 Å². The van der Waals surface area contributed by atoms with Gasteiger partial charge in [0.05, 0.1) is 12.1 Å². The molecule has 2 aromatic rings. The molecule has 33 heavy (non-hydrogen) atoms. The smallest absolute Gasteiger partial charge is 0.407 e. The number of amides is 2. The Hall–Kier alpha value is -3.39. The third kappa shape index (κ3) is 4.85. The van der Waals surface area contributed by atoms with E-state index < -0.39 is 36.2 Å². The molecule has 0 spiro atoms. The second-order valence-electron chi connectivity index (χ2n) is 8.96. The molecule has 1 fully saturated rings. The minimum absolute atomic E-state index is 0.0699. The molecule has 174 valence electrons. The first kappa shape index (κ1) is 22.8. The monoisotopic (exact) mass is 452 g/mol. The van der Waals surface area contributed by atoms with E-state index in [0.717, 1.165) is 35.1 Å². The SMILES string of the molecule is CC(CC(=O)N[C@@H](CO)C(=O)O)(NC(=O)OCC1c2ccccc2-c2ccccc21)C1CC1. The maximum Gasteiger partial charge on any atom is 0.407 e. The largest absolute Gasteiger partial charge is 0.480 e. The molecule has 8 nitrogen and oxygen atoms in total. The molecule has 0 radical (unpaired) electrons. The van der Waals surface area contributed by atoms with Gasteiger partial charge in [0, 0.05) is 12.3 Å². The van der Waals surface area contributed by atoms with Gasteiger partial charge in [0.15, 0.2) is 0 Å². The summed E-state index contributed by atoms with van der Waals surface area (Å²) in [6, 6.07) is 14.7. The number of ether oxygens (including phenoxy) is 1. The Balaban J connectivity index is 1.40. The first-order chi connectivity index (χ1) is 15.8. The van der Waals surface area contributed by atoms with Crippen LogP contribution in [0.15, 0.2) is 48.5 Å². The summed E-state index contributed by atoms with van der Waals surface area (Å²) in [4.78, 5) is 36.2. The summed E-state index contributed by atoms with van der Waals surface area (Å²) in [5.41, 5.74) is 3.63. The number of carboxylic acids is 1. The van der Waals surface area contributed by atoms with Gasteiger partial charge in [0.1, 0.15) is 12.6 Å². The number of benzene rings is 2. The zero-order valence-electron chi connectivity index (χ0n) is 18.4. The molecule has 0 saturated heterocycles. The molecule has 1 unspecified atom stereocenters. The molecule has 2 aliphatic carbocycles. The average molecular weight is 453 g/mol. The fourth-order valence-corrected chi connectivity index (χ4v) is 4.64. The molecule has 1 saturated carbocycles. The quantitative estimate of drug-likeness (QED) is 0.464. The summed E-state index contributed by atoms with van der Waals surface area (Å²) >= 11 is 0. The van der Waals surface area contributed by atoms with Gasteiger partial charge in [-0.3, -0.25) is 4.79 Å². The lowest BCUT2D eigenvalue weighted by Gasteiger charge is -2.30. The number of carbonyl (C=O) groups excluding carboxylic acids is 2. The highest BCUT2D eigenvalue weighted by atomic mass is 16.5. The average Bonchev–Trinajstić information content (AvgIpc) is 3.60. The zero-order chi connectivity index (χ0) is 23.6. The van der Waals surface area contributed by atoms with Gasteiger partial charge in [-0.1, -0.05) is 48.5 Å². The first-order valence-corrected chi connectivity index (χ1v) is 11.1. The lowest BCUT2D eigenvalue weighted by Crippen LogP contribution is -2.53. The van der Waals surface area contributed by atoms with E-state index in [1.165, 1.54) is 0 Å². The zero-order valence-corrected chi connectivity index (χ0v) is 18.4. The van der Waals surface area contributed by atoms with E-state index in [1.807, 2.05) is 36.4 Å². The van der Waals surface area contributed by atoms with E-state index in [1.54, 1.807) is 6.92 Å². The van der Waals surface area contributed by atoms with Crippen LogP contribution in [0.25, 0.3) is 11.1 Å². The van der Waals surface area contributed by atoms with Crippen LogP contribution >= 0.6 is 0 Å². The van der Waals surface area contributed by atoms with Crippen LogP contribution < -0.4 is 10.6 Å². The van der Waals surface area contributed by atoms with E-state index >= 15 is 0 Å². The lowest BCUT2D eigenvalue weighted by atomic mass is 9.91. The van der Waals surface area contributed by atoms with Gasteiger partial charge in [-0.15, -0.1) is 0 Å². The van der Waals surface area contributed by atoms with Crippen LogP contribution in [0, 0.1) is 5.92 Å². The Bertz CT molecular complexity index is 1020. The number of aliphatic hydroxyl groups excluding tert-OH is 1. The predicted molar refractivity (Wildman–Crippen MR) is 121 cm³/mol. The fourth-order valence-electron chi connectivity index (χ4n) is 4.64. The van der Waals surface area contributed by atoms with Crippen molar-refractivity contribution in [3.8, 4) is 11.1 Å². The summed E-state index contributed by atoms with van der Waals surface area (Å²) < 4.78 is 5.62.